The Morgan fingerprint density at radius 3 is 2.90 bits per heavy atom. The van der Waals surface area contributed by atoms with Crippen molar-refractivity contribution < 1.29 is 0 Å². The van der Waals surface area contributed by atoms with Gasteiger partial charge in [0.15, 0.2) is 0 Å². The highest BCUT2D eigenvalue weighted by Gasteiger charge is 2.19. The molecule has 20 heavy (non-hydrogen) atoms. The summed E-state index contributed by atoms with van der Waals surface area (Å²) in [6.45, 7) is 10.0. The van der Waals surface area contributed by atoms with Gasteiger partial charge < -0.3 is 10.2 Å². The first-order valence-corrected chi connectivity index (χ1v) is 8.27. The Kier molecular flexibility index (Phi) is 5.74. The van der Waals surface area contributed by atoms with E-state index in [9.17, 15) is 0 Å². The minimum atomic E-state index is 0.363. The molecule has 1 aliphatic rings. The summed E-state index contributed by atoms with van der Waals surface area (Å²) in [5.74, 6) is 0.768. The maximum atomic E-state index is 6.52. The van der Waals surface area contributed by atoms with Crippen molar-refractivity contribution in [1.82, 2.24) is 5.32 Å². The van der Waals surface area contributed by atoms with Crippen LogP contribution in [-0.2, 0) is 0 Å². The maximum absolute atomic E-state index is 6.52. The number of piperidine rings is 1. The average molecular weight is 295 g/mol. The van der Waals surface area contributed by atoms with Crippen molar-refractivity contribution in [2.45, 2.75) is 46.1 Å². The zero-order valence-corrected chi connectivity index (χ0v) is 13.7. The van der Waals surface area contributed by atoms with E-state index in [2.05, 4.69) is 49.2 Å². The molecule has 2 rings (SSSR count). The average Bonchev–Trinajstić information content (AvgIpc) is 2.44. The summed E-state index contributed by atoms with van der Waals surface area (Å²) in [6.07, 6.45) is 3.76. The lowest BCUT2D eigenvalue weighted by Gasteiger charge is -2.33. The van der Waals surface area contributed by atoms with E-state index in [1.165, 1.54) is 24.1 Å². The number of anilines is 1. The molecule has 1 aromatic carbocycles. The molecule has 0 spiro atoms. The van der Waals surface area contributed by atoms with Gasteiger partial charge in [0.2, 0.25) is 0 Å². The maximum Gasteiger partial charge on any atom is 0.0642 e. The normalized spacial score (nSPS) is 21.0. The van der Waals surface area contributed by atoms with Crippen LogP contribution in [-0.4, -0.2) is 19.6 Å². The monoisotopic (exact) mass is 294 g/mol. The summed E-state index contributed by atoms with van der Waals surface area (Å²) in [6, 6.07) is 6.90. The van der Waals surface area contributed by atoms with Crippen LogP contribution in [0.5, 0.6) is 0 Å². The highest BCUT2D eigenvalue weighted by atomic mass is 35.5. The number of hydrogen-bond acceptors (Lipinski definition) is 2. The third-order valence-corrected chi connectivity index (χ3v) is 4.47. The Morgan fingerprint density at radius 1 is 1.45 bits per heavy atom. The molecule has 2 unspecified atom stereocenters. The van der Waals surface area contributed by atoms with Crippen LogP contribution in [0.15, 0.2) is 18.2 Å². The molecule has 1 saturated heterocycles. The van der Waals surface area contributed by atoms with Crippen molar-refractivity contribution in [3.05, 3.63) is 28.8 Å². The number of benzene rings is 1. The number of halogens is 1. The van der Waals surface area contributed by atoms with Gasteiger partial charge in [-0.1, -0.05) is 31.5 Å². The van der Waals surface area contributed by atoms with Crippen LogP contribution < -0.4 is 10.2 Å². The van der Waals surface area contributed by atoms with Crippen molar-refractivity contribution >= 4 is 17.3 Å². The molecule has 1 aliphatic heterocycles. The largest absolute Gasteiger partial charge is 0.370 e. The molecule has 0 aliphatic carbocycles. The van der Waals surface area contributed by atoms with Crippen LogP contribution in [0.3, 0.4) is 0 Å². The van der Waals surface area contributed by atoms with Gasteiger partial charge in [-0.05, 0) is 56.3 Å². The van der Waals surface area contributed by atoms with Gasteiger partial charge in [-0.3, -0.25) is 0 Å². The van der Waals surface area contributed by atoms with Gasteiger partial charge in [-0.15, -0.1) is 0 Å². The van der Waals surface area contributed by atoms with Crippen LogP contribution in [0.1, 0.15) is 51.6 Å². The lowest BCUT2D eigenvalue weighted by molar-refractivity contribution is 0.447. The van der Waals surface area contributed by atoms with Crippen molar-refractivity contribution in [1.29, 1.82) is 0 Å². The van der Waals surface area contributed by atoms with E-state index < -0.39 is 0 Å². The Labute approximate surface area is 128 Å². The fourth-order valence-electron chi connectivity index (χ4n) is 2.94. The third kappa shape index (κ3) is 3.89. The van der Waals surface area contributed by atoms with Gasteiger partial charge in [-0.2, -0.15) is 0 Å². The van der Waals surface area contributed by atoms with Crippen molar-refractivity contribution in [3.63, 3.8) is 0 Å². The fourth-order valence-corrected chi connectivity index (χ4v) is 3.24. The smallest absolute Gasteiger partial charge is 0.0642 e. The van der Waals surface area contributed by atoms with Crippen LogP contribution in [0.2, 0.25) is 5.02 Å². The zero-order valence-electron chi connectivity index (χ0n) is 13.0. The van der Waals surface area contributed by atoms with Gasteiger partial charge >= 0.3 is 0 Å². The fraction of sp³-hybridized carbons (Fsp3) is 0.647. The molecule has 0 radical (unpaired) electrons. The Balaban J connectivity index is 2.09. The SMILES string of the molecule is CCCNC(C)c1ccc(N2CCCC(C)C2)c(Cl)c1. The van der Waals surface area contributed by atoms with E-state index in [0.717, 1.165) is 37.0 Å². The molecule has 1 heterocycles. The molecule has 3 heteroatoms. The van der Waals surface area contributed by atoms with E-state index in [0.29, 0.717) is 6.04 Å². The minimum absolute atomic E-state index is 0.363. The van der Waals surface area contributed by atoms with Crippen molar-refractivity contribution in [3.8, 4) is 0 Å². The summed E-state index contributed by atoms with van der Waals surface area (Å²) in [5.41, 5.74) is 2.47. The number of nitrogens with one attached hydrogen (secondary N) is 1. The van der Waals surface area contributed by atoms with Gasteiger partial charge in [0.05, 0.1) is 10.7 Å². The summed E-state index contributed by atoms with van der Waals surface area (Å²) >= 11 is 6.52. The molecule has 0 bridgehead atoms. The number of nitrogens with zero attached hydrogens (tertiary/aromatic N) is 1. The molecule has 1 N–H and O–H groups in total. The van der Waals surface area contributed by atoms with Gasteiger partial charge in [0.1, 0.15) is 0 Å². The Hall–Kier alpha value is -0.730. The highest BCUT2D eigenvalue weighted by Crippen LogP contribution is 2.31. The van der Waals surface area contributed by atoms with E-state index in [1.807, 2.05) is 0 Å². The second-order valence-electron chi connectivity index (χ2n) is 6.08. The van der Waals surface area contributed by atoms with Crippen LogP contribution in [0, 0.1) is 5.92 Å². The Morgan fingerprint density at radius 2 is 2.25 bits per heavy atom. The molecular weight excluding hydrogens is 268 g/mol. The van der Waals surface area contributed by atoms with E-state index in [4.69, 9.17) is 11.6 Å². The first-order valence-electron chi connectivity index (χ1n) is 7.89. The summed E-state index contributed by atoms with van der Waals surface area (Å²) in [7, 11) is 0. The second-order valence-corrected chi connectivity index (χ2v) is 6.49. The zero-order chi connectivity index (χ0) is 14.5. The van der Waals surface area contributed by atoms with Crippen molar-refractivity contribution in [2.75, 3.05) is 24.5 Å². The summed E-state index contributed by atoms with van der Waals surface area (Å²) in [4.78, 5) is 2.43. The molecule has 0 saturated carbocycles. The topological polar surface area (TPSA) is 15.3 Å². The predicted molar refractivity (Wildman–Crippen MR) is 88.8 cm³/mol. The van der Waals surface area contributed by atoms with Crippen LogP contribution in [0.25, 0.3) is 0 Å². The first kappa shape index (κ1) is 15.7. The quantitative estimate of drug-likeness (QED) is 0.851. The highest BCUT2D eigenvalue weighted by molar-refractivity contribution is 6.33. The molecule has 0 aromatic heterocycles. The lowest BCUT2D eigenvalue weighted by atomic mass is 9.99. The number of hydrogen-bond donors (Lipinski definition) is 1. The lowest BCUT2D eigenvalue weighted by Crippen LogP contribution is -2.34. The molecule has 2 atom stereocenters. The molecule has 112 valence electrons. The third-order valence-electron chi connectivity index (χ3n) is 4.17. The van der Waals surface area contributed by atoms with E-state index in [1.54, 1.807) is 0 Å². The summed E-state index contributed by atoms with van der Waals surface area (Å²) < 4.78 is 0. The molecule has 0 amide bonds. The van der Waals surface area contributed by atoms with Gasteiger partial charge in [-0.25, -0.2) is 0 Å². The molecule has 1 aromatic rings. The van der Waals surface area contributed by atoms with E-state index >= 15 is 0 Å². The first-order chi connectivity index (χ1) is 9.61. The molecule has 1 fully saturated rings. The molecule has 2 nitrogen and oxygen atoms in total. The van der Waals surface area contributed by atoms with Crippen molar-refractivity contribution in [2.24, 2.45) is 5.92 Å². The standard InChI is InChI=1S/C17H27ClN2/c1-4-9-19-14(3)15-7-8-17(16(18)11-15)20-10-5-6-13(2)12-20/h7-8,11,13-14,19H,4-6,9-10,12H2,1-3H3. The molecular formula is C17H27ClN2. The number of rotatable bonds is 5. The van der Waals surface area contributed by atoms with Crippen LogP contribution in [0.4, 0.5) is 5.69 Å². The summed E-state index contributed by atoms with van der Waals surface area (Å²) in [5, 5.41) is 4.40. The predicted octanol–water partition coefficient (Wildman–Crippen LogP) is 4.64. The van der Waals surface area contributed by atoms with Gasteiger partial charge in [0.25, 0.3) is 0 Å². The van der Waals surface area contributed by atoms with Crippen LogP contribution >= 0.6 is 11.6 Å². The van der Waals surface area contributed by atoms with Gasteiger partial charge in [0, 0.05) is 19.1 Å². The van der Waals surface area contributed by atoms with E-state index in [-0.39, 0.29) is 0 Å². The Bertz CT molecular complexity index is 433. The second kappa shape index (κ2) is 7.33. The minimum Gasteiger partial charge on any atom is -0.370 e.